The summed E-state index contributed by atoms with van der Waals surface area (Å²) in [6.45, 7) is 11.3. The molecule has 0 aliphatic heterocycles. The predicted octanol–water partition coefficient (Wildman–Crippen LogP) is 4.83. The summed E-state index contributed by atoms with van der Waals surface area (Å²) < 4.78 is 7.86. The van der Waals surface area contributed by atoms with Crippen LogP contribution in [-0.2, 0) is 5.54 Å². The van der Waals surface area contributed by atoms with E-state index in [-0.39, 0.29) is 11.4 Å². The fourth-order valence-electron chi connectivity index (χ4n) is 3.85. The van der Waals surface area contributed by atoms with Crippen molar-refractivity contribution in [3.05, 3.63) is 52.8 Å². The molecule has 0 atom stereocenters. The van der Waals surface area contributed by atoms with Crippen LogP contribution in [0.1, 0.15) is 66.8 Å². The molecule has 164 valence electrons. The molecule has 0 unspecified atom stereocenters. The van der Waals surface area contributed by atoms with E-state index in [0.717, 1.165) is 46.6 Å². The summed E-state index contributed by atoms with van der Waals surface area (Å²) in [5.41, 5.74) is 4.22. The van der Waals surface area contributed by atoms with E-state index in [1.807, 2.05) is 55.9 Å². The number of ether oxygens (including phenoxy) is 1. The van der Waals surface area contributed by atoms with Gasteiger partial charge in [0.1, 0.15) is 12.4 Å². The molecular formula is C25H32N4O2. The van der Waals surface area contributed by atoms with E-state index < -0.39 is 0 Å². The minimum atomic E-state index is -0.213. The van der Waals surface area contributed by atoms with Crippen molar-refractivity contribution in [2.75, 3.05) is 20.2 Å². The fourth-order valence-corrected chi connectivity index (χ4v) is 3.85. The normalized spacial score (nSPS) is 14.1. The zero-order valence-corrected chi connectivity index (χ0v) is 19.4. The van der Waals surface area contributed by atoms with Gasteiger partial charge in [-0.05, 0) is 65.2 Å². The molecule has 6 heteroatoms. The second-order valence-electron chi connectivity index (χ2n) is 9.58. The first-order valence-electron chi connectivity index (χ1n) is 11.0. The van der Waals surface area contributed by atoms with Gasteiger partial charge in [0, 0.05) is 18.7 Å². The average Bonchev–Trinajstić information content (AvgIpc) is 3.51. The molecule has 0 N–H and O–H groups in total. The molecule has 0 saturated heterocycles. The summed E-state index contributed by atoms with van der Waals surface area (Å²) in [5, 5.41) is 5.61. The SMILES string of the molecule is Cc1ccccc1OCCN(C)C(=O)c1cc(C2CC2)nc2c1c(C)nn2C(C)(C)C. The third-order valence-electron chi connectivity index (χ3n) is 5.82. The van der Waals surface area contributed by atoms with E-state index in [9.17, 15) is 4.79 Å². The standard InChI is InChI=1S/C25H32N4O2/c1-16-9-7-8-10-21(16)31-14-13-28(6)24(30)19-15-20(18-11-12-18)26-23-22(19)17(2)27-29(23)25(3,4)5/h7-10,15,18H,11-14H2,1-6H3. The third kappa shape index (κ3) is 4.29. The summed E-state index contributed by atoms with van der Waals surface area (Å²) in [6, 6.07) is 9.91. The van der Waals surface area contributed by atoms with Gasteiger partial charge < -0.3 is 9.64 Å². The van der Waals surface area contributed by atoms with Crippen LogP contribution in [0, 0.1) is 13.8 Å². The Bertz CT molecular complexity index is 1120. The number of likely N-dealkylation sites (N-methyl/N-ethyl adjacent to an activating group) is 1. The molecule has 0 bridgehead atoms. The van der Waals surface area contributed by atoms with Crippen molar-refractivity contribution in [2.45, 2.75) is 58.9 Å². The Balaban J connectivity index is 1.62. The van der Waals surface area contributed by atoms with Gasteiger partial charge in [-0.25, -0.2) is 9.67 Å². The lowest BCUT2D eigenvalue weighted by Gasteiger charge is -2.21. The number of nitrogens with zero attached hydrogens (tertiary/aromatic N) is 4. The number of pyridine rings is 1. The first kappa shape index (κ1) is 21.3. The van der Waals surface area contributed by atoms with Gasteiger partial charge in [-0.1, -0.05) is 18.2 Å². The summed E-state index contributed by atoms with van der Waals surface area (Å²) in [5.74, 6) is 1.29. The van der Waals surface area contributed by atoms with E-state index in [1.165, 1.54) is 0 Å². The maximum Gasteiger partial charge on any atom is 0.254 e. The number of aryl methyl sites for hydroxylation is 2. The molecule has 0 spiro atoms. The molecule has 3 aromatic rings. The molecule has 1 aromatic carbocycles. The predicted molar refractivity (Wildman–Crippen MR) is 123 cm³/mol. The fraction of sp³-hybridized carbons (Fsp3) is 0.480. The summed E-state index contributed by atoms with van der Waals surface area (Å²) >= 11 is 0. The highest BCUT2D eigenvalue weighted by Crippen LogP contribution is 2.41. The molecule has 4 rings (SSSR count). The molecule has 1 aliphatic rings. The number of amides is 1. The number of hydrogen-bond donors (Lipinski definition) is 0. The Labute approximate surface area is 184 Å². The molecule has 1 aliphatic carbocycles. The zero-order chi connectivity index (χ0) is 22.3. The van der Waals surface area contributed by atoms with Crippen molar-refractivity contribution in [1.29, 1.82) is 0 Å². The van der Waals surface area contributed by atoms with Crippen molar-refractivity contribution >= 4 is 16.9 Å². The number of hydrogen-bond acceptors (Lipinski definition) is 4. The highest BCUT2D eigenvalue weighted by Gasteiger charge is 2.31. The van der Waals surface area contributed by atoms with Crippen molar-refractivity contribution in [2.24, 2.45) is 0 Å². The Hall–Kier alpha value is -2.89. The molecule has 2 aromatic heterocycles. The van der Waals surface area contributed by atoms with E-state index in [4.69, 9.17) is 14.8 Å². The van der Waals surface area contributed by atoms with Crippen LogP contribution in [0.15, 0.2) is 30.3 Å². The van der Waals surface area contributed by atoms with Crippen molar-refractivity contribution < 1.29 is 9.53 Å². The van der Waals surface area contributed by atoms with E-state index >= 15 is 0 Å². The largest absolute Gasteiger partial charge is 0.491 e. The van der Waals surface area contributed by atoms with Gasteiger partial charge in [0.15, 0.2) is 5.65 Å². The number of para-hydroxylation sites is 1. The molecular weight excluding hydrogens is 388 g/mol. The number of fused-ring (bicyclic) bond motifs is 1. The van der Waals surface area contributed by atoms with Crippen LogP contribution >= 0.6 is 0 Å². The minimum Gasteiger partial charge on any atom is -0.491 e. The van der Waals surface area contributed by atoms with Crippen molar-refractivity contribution in [1.82, 2.24) is 19.7 Å². The van der Waals surface area contributed by atoms with E-state index in [2.05, 4.69) is 20.8 Å². The second kappa shape index (κ2) is 7.98. The van der Waals surface area contributed by atoms with Gasteiger partial charge in [0.25, 0.3) is 5.91 Å². The highest BCUT2D eigenvalue weighted by atomic mass is 16.5. The Morgan fingerprint density at radius 2 is 1.94 bits per heavy atom. The van der Waals surface area contributed by atoms with Gasteiger partial charge in [-0.3, -0.25) is 4.79 Å². The Morgan fingerprint density at radius 1 is 1.23 bits per heavy atom. The zero-order valence-electron chi connectivity index (χ0n) is 19.4. The molecule has 0 radical (unpaired) electrons. The number of carbonyl (C=O) groups is 1. The Kier molecular flexibility index (Phi) is 5.50. The maximum absolute atomic E-state index is 13.5. The smallest absolute Gasteiger partial charge is 0.254 e. The van der Waals surface area contributed by atoms with E-state index in [0.29, 0.717) is 24.6 Å². The van der Waals surface area contributed by atoms with Crippen molar-refractivity contribution in [3.8, 4) is 5.75 Å². The van der Waals surface area contributed by atoms with Crippen LogP contribution in [-0.4, -0.2) is 45.8 Å². The molecule has 1 amide bonds. The summed E-state index contributed by atoms with van der Waals surface area (Å²) in [6.07, 6.45) is 2.27. The lowest BCUT2D eigenvalue weighted by Crippen LogP contribution is -2.31. The summed E-state index contributed by atoms with van der Waals surface area (Å²) in [4.78, 5) is 20.2. The van der Waals surface area contributed by atoms with Crippen LogP contribution < -0.4 is 4.74 Å². The van der Waals surface area contributed by atoms with Gasteiger partial charge >= 0.3 is 0 Å². The molecule has 1 fully saturated rings. The van der Waals surface area contributed by atoms with Crippen LogP contribution in [0.4, 0.5) is 0 Å². The number of benzene rings is 1. The van der Waals surface area contributed by atoms with Gasteiger partial charge in [0.2, 0.25) is 0 Å². The molecule has 6 nitrogen and oxygen atoms in total. The van der Waals surface area contributed by atoms with Crippen LogP contribution in [0.5, 0.6) is 5.75 Å². The average molecular weight is 421 g/mol. The Morgan fingerprint density at radius 3 is 2.58 bits per heavy atom. The number of rotatable bonds is 6. The van der Waals surface area contributed by atoms with Gasteiger partial charge in [-0.15, -0.1) is 0 Å². The minimum absolute atomic E-state index is 0.0146. The van der Waals surface area contributed by atoms with Crippen LogP contribution in [0.25, 0.3) is 11.0 Å². The van der Waals surface area contributed by atoms with Gasteiger partial charge in [-0.2, -0.15) is 5.10 Å². The number of aromatic nitrogens is 3. The molecule has 1 saturated carbocycles. The lowest BCUT2D eigenvalue weighted by molar-refractivity contribution is 0.0775. The van der Waals surface area contributed by atoms with Gasteiger partial charge in [0.05, 0.1) is 28.7 Å². The van der Waals surface area contributed by atoms with Crippen LogP contribution in [0.3, 0.4) is 0 Å². The quantitative estimate of drug-likeness (QED) is 0.573. The maximum atomic E-state index is 13.5. The third-order valence-corrected chi connectivity index (χ3v) is 5.82. The highest BCUT2D eigenvalue weighted by molar-refractivity contribution is 6.06. The monoisotopic (exact) mass is 420 g/mol. The second-order valence-corrected chi connectivity index (χ2v) is 9.58. The van der Waals surface area contributed by atoms with Crippen molar-refractivity contribution in [3.63, 3.8) is 0 Å². The first-order chi connectivity index (χ1) is 14.7. The summed E-state index contributed by atoms with van der Waals surface area (Å²) in [7, 11) is 1.83. The van der Waals surface area contributed by atoms with E-state index in [1.54, 1.807) is 4.90 Å². The molecule has 31 heavy (non-hydrogen) atoms. The first-order valence-corrected chi connectivity index (χ1v) is 11.0. The molecule has 2 heterocycles. The topological polar surface area (TPSA) is 60.2 Å². The van der Waals surface area contributed by atoms with Crippen LogP contribution in [0.2, 0.25) is 0 Å². The number of carbonyl (C=O) groups excluding carboxylic acids is 1. The lowest BCUT2D eigenvalue weighted by atomic mass is 10.1.